The predicted molar refractivity (Wildman–Crippen MR) is 118 cm³/mol. The van der Waals surface area contributed by atoms with Crippen LogP contribution in [-0.2, 0) is 16.1 Å². The Morgan fingerprint density at radius 2 is 1.97 bits per heavy atom. The number of amides is 3. The molecule has 0 spiro atoms. The molecule has 0 radical (unpaired) electrons. The molecule has 0 aliphatic carbocycles. The summed E-state index contributed by atoms with van der Waals surface area (Å²) in [6.07, 6.45) is 7.54. The van der Waals surface area contributed by atoms with E-state index in [-0.39, 0.29) is 23.8 Å². The van der Waals surface area contributed by atoms with Crippen molar-refractivity contribution in [2.75, 3.05) is 18.4 Å². The summed E-state index contributed by atoms with van der Waals surface area (Å²) in [6.45, 7) is 5.97. The van der Waals surface area contributed by atoms with Crippen LogP contribution in [0.25, 0.3) is 0 Å². The average Bonchev–Trinajstić information content (AvgIpc) is 3.26. The van der Waals surface area contributed by atoms with E-state index < -0.39 is 0 Å². The van der Waals surface area contributed by atoms with Crippen LogP contribution in [0.1, 0.15) is 49.9 Å². The molecular formula is C23H31N5O3. The zero-order chi connectivity index (χ0) is 22.2. The predicted octanol–water partition coefficient (Wildman–Crippen LogP) is 2.68. The van der Waals surface area contributed by atoms with Crippen molar-refractivity contribution in [2.24, 2.45) is 5.92 Å². The molecule has 31 heavy (non-hydrogen) atoms. The van der Waals surface area contributed by atoms with Gasteiger partial charge in [0, 0.05) is 62.2 Å². The smallest absolute Gasteiger partial charge is 0.251 e. The molecule has 1 fully saturated rings. The van der Waals surface area contributed by atoms with E-state index in [0.717, 1.165) is 12.8 Å². The van der Waals surface area contributed by atoms with Gasteiger partial charge >= 0.3 is 0 Å². The Balaban J connectivity index is 1.46. The Hall–Kier alpha value is -3.16. The van der Waals surface area contributed by atoms with Crippen LogP contribution in [0.2, 0.25) is 0 Å². The molecule has 1 aromatic carbocycles. The normalized spacial score (nSPS) is 14.5. The molecule has 3 amide bonds. The first-order chi connectivity index (χ1) is 14.9. The lowest BCUT2D eigenvalue weighted by molar-refractivity contribution is -0.133. The first-order valence-corrected chi connectivity index (χ1v) is 10.8. The second-order valence-corrected chi connectivity index (χ2v) is 8.41. The molecule has 3 rings (SSSR count). The molecule has 2 N–H and O–H groups in total. The Morgan fingerprint density at radius 3 is 2.65 bits per heavy atom. The van der Waals surface area contributed by atoms with Crippen molar-refractivity contribution in [3.63, 3.8) is 0 Å². The third-order valence-corrected chi connectivity index (χ3v) is 5.33. The highest BCUT2D eigenvalue weighted by Gasteiger charge is 2.24. The standard InChI is InChI=1S/C23H31N5O3/c1-17(2)14-22(30)28-11-6-19(7-12-28)26-23(31)18-4-3-5-20(15-18)25-21(29)8-10-27-13-9-24-16-27/h3-5,9,13,15-17,19H,6-8,10-12,14H2,1-2H3,(H,25,29)(H,26,31). The number of anilines is 1. The molecule has 0 unspecified atom stereocenters. The van der Waals surface area contributed by atoms with Gasteiger partial charge in [0.1, 0.15) is 0 Å². The Kier molecular flexibility index (Phi) is 7.81. The van der Waals surface area contributed by atoms with E-state index in [0.29, 0.717) is 49.6 Å². The first-order valence-electron chi connectivity index (χ1n) is 10.8. The minimum atomic E-state index is -0.165. The lowest BCUT2D eigenvalue weighted by Gasteiger charge is -2.33. The molecule has 1 saturated heterocycles. The van der Waals surface area contributed by atoms with Gasteiger partial charge in [-0.1, -0.05) is 19.9 Å². The van der Waals surface area contributed by atoms with Crippen molar-refractivity contribution in [2.45, 2.75) is 52.1 Å². The maximum atomic E-state index is 12.7. The van der Waals surface area contributed by atoms with E-state index >= 15 is 0 Å². The number of hydrogen-bond donors (Lipinski definition) is 2. The lowest BCUT2D eigenvalue weighted by Crippen LogP contribution is -2.46. The fourth-order valence-corrected chi connectivity index (χ4v) is 3.63. The van der Waals surface area contributed by atoms with E-state index in [1.165, 1.54) is 0 Å². The number of hydrogen-bond acceptors (Lipinski definition) is 4. The summed E-state index contributed by atoms with van der Waals surface area (Å²) < 4.78 is 1.84. The first kappa shape index (κ1) is 22.5. The van der Waals surface area contributed by atoms with Gasteiger partial charge in [-0.05, 0) is 37.0 Å². The van der Waals surface area contributed by atoms with Gasteiger partial charge in [-0.15, -0.1) is 0 Å². The van der Waals surface area contributed by atoms with Gasteiger partial charge in [-0.25, -0.2) is 4.98 Å². The number of aryl methyl sites for hydroxylation is 1. The molecule has 2 aromatic rings. The SMILES string of the molecule is CC(C)CC(=O)N1CCC(NC(=O)c2cccc(NC(=O)CCn3ccnc3)c2)CC1. The number of likely N-dealkylation sites (tertiary alicyclic amines) is 1. The molecule has 0 bridgehead atoms. The van der Waals surface area contributed by atoms with E-state index in [1.807, 2.05) is 29.5 Å². The zero-order valence-electron chi connectivity index (χ0n) is 18.2. The fourth-order valence-electron chi connectivity index (χ4n) is 3.63. The van der Waals surface area contributed by atoms with Crippen LogP contribution in [0.5, 0.6) is 0 Å². The van der Waals surface area contributed by atoms with E-state index in [4.69, 9.17) is 0 Å². The summed E-state index contributed by atoms with van der Waals surface area (Å²) >= 11 is 0. The van der Waals surface area contributed by atoms with Crippen LogP contribution in [0.15, 0.2) is 43.0 Å². The highest BCUT2D eigenvalue weighted by Crippen LogP contribution is 2.16. The van der Waals surface area contributed by atoms with Gasteiger partial charge in [0.25, 0.3) is 5.91 Å². The summed E-state index contributed by atoms with van der Waals surface area (Å²) in [5, 5.41) is 5.90. The summed E-state index contributed by atoms with van der Waals surface area (Å²) in [7, 11) is 0. The van der Waals surface area contributed by atoms with Gasteiger partial charge in [0.15, 0.2) is 0 Å². The zero-order valence-corrected chi connectivity index (χ0v) is 18.2. The van der Waals surface area contributed by atoms with Crippen LogP contribution in [0, 0.1) is 5.92 Å². The molecule has 1 aromatic heterocycles. The van der Waals surface area contributed by atoms with Crippen LogP contribution < -0.4 is 10.6 Å². The average molecular weight is 426 g/mol. The fraction of sp³-hybridized carbons (Fsp3) is 0.478. The Morgan fingerprint density at radius 1 is 1.19 bits per heavy atom. The topological polar surface area (TPSA) is 96.3 Å². The van der Waals surface area contributed by atoms with Gasteiger partial charge in [0.05, 0.1) is 6.33 Å². The second kappa shape index (κ2) is 10.7. The number of rotatable bonds is 8. The lowest BCUT2D eigenvalue weighted by atomic mass is 10.0. The quantitative estimate of drug-likeness (QED) is 0.680. The highest BCUT2D eigenvalue weighted by atomic mass is 16.2. The van der Waals surface area contributed by atoms with Gasteiger partial charge in [0.2, 0.25) is 11.8 Å². The van der Waals surface area contributed by atoms with Crippen molar-refractivity contribution >= 4 is 23.4 Å². The van der Waals surface area contributed by atoms with Crippen LogP contribution in [0.3, 0.4) is 0 Å². The summed E-state index contributed by atoms with van der Waals surface area (Å²) in [5.41, 5.74) is 1.10. The van der Waals surface area contributed by atoms with Crippen molar-refractivity contribution in [3.8, 4) is 0 Å². The molecule has 8 heteroatoms. The Bertz CT molecular complexity index is 886. The molecule has 0 atom stereocenters. The summed E-state index contributed by atoms with van der Waals surface area (Å²) in [6, 6.07) is 6.99. The number of nitrogens with zero attached hydrogens (tertiary/aromatic N) is 3. The van der Waals surface area contributed by atoms with E-state index in [1.54, 1.807) is 36.8 Å². The summed E-state index contributed by atoms with van der Waals surface area (Å²) in [4.78, 5) is 42.9. The highest BCUT2D eigenvalue weighted by molar-refractivity contribution is 5.97. The number of imidazole rings is 1. The van der Waals surface area contributed by atoms with Gasteiger partial charge < -0.3 is 20.1 Å². The molecular weight excluding hydrogens is 394 g/mol. The number of carbonyl (C=O) groups is 3. The number of nitrogens with one attached hydrogen (secondary N) is 2. The summed E-state index contributed by atoms with van der Waals surface area (Å²) in [5.74, 6) is 0.256. The molecule has 1 aliphatic heterocycles. The monoisotopic (exact) mass is 425 g/mol. The van der Waals surface area contributed by atoms with Crippen molar-refractivity contribution in [3.05, 3.63) is 48.5 Å². The van der Waals surface area contributed by atoms with Crippen LogP contribution >= 0.6 is 0 Å². The largest absolute Gasteiger partial charge is 0.349 e. The van der Waals surface area contributed by atoms with Gasteiger partial charge in [-0.2, -0.15) is 0 Å². The van der Waals surface area contributed by atoms with Crippen LogP contribution in [-0.4, -0.2) is 51.3 Å². The van der Waals surface area contributed by atoms with Crippen molar-refractivity contribution in [1.29, 1.82) is 0 Å². The van der Waals surface area contributed by atoms with E-state index in [2.05, 4.69) is 15.6 Å². The number of aromatic nitrogens is 2. The minimum absolute atomic E-state index is 0.0454. The number of benzene rings is 1. The Labute approximate surface area is 183 Å². The van der Waals surface area contributed by atoms with E-state index in [9.17, 15) is 14.4 Å². The number of piperidine rings is 1. The number of carbonyl (C=O) groups excluding carboxylic acids is 3. The van der Waals surface area contributed by atoms with Gasteiger partial charge in [-0.3, -0.25) is 14.4 Å². The molecule has 166 valence electrons. The minimum Gasteiger partial charge on any atom is -0.349 e. The second-order valence-electron chi connectivity index (χ2n) is 8.41. The third-order valence-electron chi connectivity index (χ3n) is 5.33. The maximum absolute atomic E-state index is 12.7. The third kappa shape index (κ3) is 6.94. The molecule has 2 heterocycles. The molecule has 1 aliphatic rings. The maximum Gasteiger partial charge on any atom is 0.251 e. The molecule has 8 nitrogen and oxygen atoms in total. The van der Waals surface area contributed by atoms with Crippen LogP contribution in [0.4, 0.5) is 5.69 Å². The molecule has 0 saturated carbocycles. The van der Waals surface area contributed by atoms with Crippen molar-refractivity contribution < 1.29 is 14.4 Å². The van der Waals surface area contributed by atoms with Crippen molar-refractivity contribution in [1.82, 2.24) is 19.8 Å².